The SMILES string of the molecule is O=C(N[C@H]1CS(=O)(=O)C[C@H]1O)c1cc(-c2ccc(C(F)(F)F)cc2)nn(-c2cnsc2)c1=O. The Hall–Kier alpha value is -3.10. The zero-order chi connectivity index (χ0) is 24.0. The summed E-state index contributed by atoms with van der Waals surface area (Å²) in [5.74, 6) is -1.95. The Kier molecular flexibility index (Phi) is 5.84. The average Bonchev–Trinajstić information content (AvgIpc) is 3.35. The van der Waals surface area contributed by atoms with E-state index < -0.39 is 62.3 Å². The van der Waals surface area contributed by atoms with Crippen molar-refractivity contribution in [3.8, 4) is 16.9 Å². The van der Waals surface area contributed by atoms with Gasteiger partial charge in [0.1, 0.15) is 5.56 Å². The minimum Gasteiger partial charge on any atom is -0.390 e. The molecular formula is C19H15F3N4O5S2. The summed E-state index contributed by atoms with van der Waals surface area (Å²) >= 11 is 1.01. The van der Waals surface area contributed by atoms with Crippen molar-refractivity contribution in [3.05, 3.63) is 63.4 Å². The van der Waals surface area contributed by atoms with Gasteiger partial charge in [-0.05, 0) is 29.7 Å². The molecule has 1 amide bonds. The predicted molar refractivity (Wildman–Crippen MR) is 112 cm³/mol. The maximum atomic E-state index is 12.9. The van der Waals surface area contributed by atoms with Gasteiger partial charge in [-0.15, -0.1) is 0 Å². The highest BCUT2D eigenvalue weighted by atomic mass is 32.2. The number of hydrogen-bond donors (Lipinski definition) is 2. The molecule has 2 atom stereocenters. The molecule has 1 saturated heterocycles. The van der Waals surface area contributed by atoms with Gasteiger partial charge in [0.15, 0.2) is 9.84 Å². The predicted octanol–water partition coefficient (Wildman–Crippen LogP) is 1.26. The molecule has 0 unspecified atom stereocenters. The average molecular weight is 500 g/mol. The summed E-state index contributed by atoms with van der Waals surface area (Å²) in [6.07, 6.45) is -4.55. The van der Waals surface area contributed by atoms with Gasteiger partial charge in [-0.25, -0.2) is 8.42 Å². The monoisotopic (exact) mass is 500 g/mol. The Bertz CT molecular complexity index is 1350. The molecule has 0 radical (unpaired) electrons. The van der Waals surface area contributed by atoms with Gasteiger partial charge in [-0.1, -0.05) is 12.1 Å². The van der Waals surface area contributed by atoms with Gasteiger partial charge >= 0.3 is 6.18 Å². The minimum absolute atomic E-state index is 0.0271. The summed E-state index contributed by atoms with van der Waals surface area (Å²) in [5, 5.41) is 17.9. The molecule has 1 aliphatic rings. The van der Waals surface area contributed by atoms with Gasteiger partial charge < -0.3 is 10.4 Å². The normalized spacial score (nSPS) is 20.0. The van der Waals surface area contributed by atoms with Crippen molar-refractivity contribution in [2.45, 2.75) is 18.3 Å². The van der Waals surface area contributed by atoms with Gasteiger partial charge in [0.05, 0.1) is 46.8 Å². The Morgan fingerprint density at radius 2 is 1.91 bits per heavy atom. The van der Waals surface area contributed by atoms with Gasteiger partial charge in [0.2, 0.25) is 0 Å². The number of aromatic nitrogens is 3. The van der Waals surface area contributed by atoms with Crippen molar-refractivity contribution >= 4 is 27.3 Å². The van der Waals surface area contributed by atoms with Crippen LogP contribution < -0.4 is 10.9 Å². The summed E-state index contributed by atoms with van der Waals surface area (Å²) in [6, 6.07) is 3.99. The first-order valence-electron chi connectivity index (χ1n) is 9.36. The lowest BCUT2D eigenvalue weighted by Gasteiger charge is -2.16. The lowest BCUT2D eigenvalue weighted by Crippen LogP contribution is -2.44. The third-order valence-corrected chi connectivity index (χ3v) is 7.26. The minimum atomic E-state index is -4.54. The fourth-order valence-electron chi connectivity index (χ4n) is 3.32. The van der Waals surface area contributed by atoms with Crippen molar-refractivity contribution in [2.24, 2.45) is 0 Å². The Morgan fingerprint density at radius 1 is 1.21 bits per heavy atom. The zero-order valence-corrected chi connectivity index (χ0v) is 18.1. The van der Waals surface area contributed by atoms with Crippen LogP contribution in [0.5, 0.6) is 0 Å². The van der Waals surface area contributed by atoms with Crippen LogP contribution >= 0.6 is 11.5 Å². The number of sulfone groups is 1. The van der Waals surface area contributed by atoms with Crippen molar-refractivity contribution in [1.82, 2.24) is 19.5 Å². The van der Waals surface area contributed by atoms with Crippen LogP contribution in [0.3, 0.4) is 0 Å². The number of carbonyl (C=O) groups is 1. The van der Waals surface area contributed by atoms with E-state index in [9.17, 15) is 36.3 Å². The van der Waals surface area contributed by atoms with Crippen LogP contribution in [-0.4, -0.2) is 57.2 Å². The summed E-state index contributed by atoms with van der Waals surface area (Å²) in [7, 11) is -3.55. The largest absolute Gasteiger partial charge is 0.416 e. The Morgan fingerprint density at radius 3 is 2.45 bits per heavy atom. The lowest BCUT2D eigenvalue weighted by atomic mass is 10.1. The van der Waals surface area contributed by atoms with E-state index in [1.54, 1.807) is 0 Å². The fourth-order valence-corrected chi connectivity index (χ4v) is 5.56. The number of aliphatic hydroxyl groups excluding tert-OH is 1. The van der Waals surface area contributed by atoms with Crippen LogP contribution in [0.15, 0.2) is 46.7 Å². The van der Waals surface area contributed by atoms with Gasteiger partial charge in [0.25, 0.3) is 11.5 Å². The number of benzene rings is 1. The molecule has 1 aliphatic heterocycles. The van der Waals surface area contributed by atoms with Crippen LogP contribution in [0.25, 0.3) is 16.9 Å². The van der Waals surface area contributed by atoms with E-state index in [1.165, 1.54) is 11.6 Å². The van der Waals surface area contributed by atoms with Crippen LogP contribution in [-0.2, 0) is 16.0 Å². The van der Waals surface area contributed by atoms with E-state index in [4.69, 9.17) is 0 Å². The number of carbonyl (C=O) groups excluding carboxylic acids is 1. The van der Waals surface area contributed by atoms with Crippen LogP contribution in [0, 0.1) is 0 Å². The second kappa shape index (κ2) is 8.35. The number of nitrogens with zero attached hydrogens (tertiary/aromatic N) is 3. The molecule has 33 heavy (non-hydrogen) atoms. The molecule has 0 aliphatic carbocycles. The number of halogens is 3. The smallest absolute Gasteiger partial charge is 0.390 e. The molecule has 3 heterocycles. The maximum Gasteiger partial charge on any atom is 0.416 e. The van der Waals surface area contributed by atoms with Crippen molar-refractivity contribution in [3.63, 3.8) is 0 Å². The van der Waals surface area contributed by atoms with E-state index in [-0.39, 0.29) is 16.9 Å². The van der Waals surface area contributed by atoms with E-state index in [0.29, 0.717) is 0 Å². The molecule has 0 bridgehead atoms. The molecule has 9 nitrogen and oxygen atoms in total. The summed E-state index contributed by atoms with van der Waals surface area (Å²) in [4.78, 5) is 25.8. The first kappa shape index (κ1) is 23.1. The van der Waals surface area contributed by atoms with Crippen molar-refractivity contribution < 1.29 is 31.5 Å². The Balaban J connectivity index is 1.76. The highest BCUT2D eigenvalue weighted by Gasteiger charge is 2.38. The number of nitrogens with one attached hydrogen (secondary N) is 1. The highest BCUT2D eigenvalue weighted by molar-refractivity contribution is 7.91. The maximum absolute atomic E-state index is 12.9. The van der Waals surface area contributed by atoms with Gasteiger partial charge in [-0.3, -0.25) is 9.59 Å². The molecule has 174 valence electrons. The molecule has 2 aromatic heterocycles. The molecule has 0 spiro atoms. The molecule has 0 saturated carbocycles. The molecule has 1 aromatic carbocycles. The topological polar surface area (TPSA) is 131 Å². The van der Waals surface area contributed by atoms with Gasteiger partial charge in [0, 0.05) is 10.9 Å². The zero-order valence-electron chi connectivity index (χ0n) is 16.5. The lowest BCUT2D eigenvalue weighted by molar-refractivity contribution is -0.137. The number of amides is 1. The third kappa shape index (κ3) is 4.82. The second-order valence-electron chi connectivity index (χ2n) is 7.34. The second-order valence-corrected chi connectivity index (χ2v) is 10.2. The molecule has 2 N–H and O–H groups in total. The van der Waals surface area contributed by atoms with E-state index >= 15 is 0 Å². The number of alkyl halides is 3. The van der Waals surface area contributed by atoms with Crippen molar-refractivity contribution in [2.75, 3.05) is 11.5 Å². The summed E-state index contributed by atoms with van der Waals surface area (Å²) in [5.41, 5.74) is -1.69. The molecule has 4 rings (SSSR count). The van der Waals surface area contributed by atoms with Crippen LogP contribution in [0.2, 0.25) is 0 Å². The standard InChI is InChI=1S/C19H15F3N4O5S2/c20-19(21,22)11-3-1-10(2-4-11)14-5-13(18(29)26(25-14)12-6-23-32-7-12)17(28)24-15-8-33(30,31)9-16(15)27/h1-7,15-16,27H,8-9H2,(H,24,28)/t15-,16+/m0/s1. The summed E-state index contributed by atoms with van der Waals surface area (Å²) < 4.78 is 66.9. The quantitative estimate of drug-likeness (QED) is 0.552. The van der Waals surface area contributed by atoms with Crippen molar-refractivity contribution in [1.29, 1.82) is 0 Å². The van der Waals surface area contributed by atoms with Gasteiger partial charge in [-0.2, -0.15) is 27.3 Å². The number of hydrogen-bond acceptors (Lipinski definition) is 8. The molecule has 3 aromatic rings. The third-order valence-electron chi connectivity index (χ3n) is 4.97. The van der Waals surface area contributed by atoms with Crippen LogP contribution in [0.1, 0.15) is 15.9 Å². The Labute approximate surface area is 188 Å². The molecule has 1 fully saturated rings. The number of rotatable bonds is 4. The van der Waals surface area contributed by atoms with Crippen LogP contribution in [0.4, 0.5) is 13.2 Å². The fraction of sp³-hybridized carbons (Fsp3) is 0.263. The summed E-state index contributed by atoms with van der Waals surface area (Å²) in [6.45, 7) is 0. The molecule has 14 heteroatoms. The van der Waals surface area contributed by atoms with E-state index in [2.05, 4.69) is 14.8 Å². The molecular weight excluding hydrogens is 485 g/mol. The highest BCUT2D eigenvalue weighted by Crippen LogP contribution is 2.30. The van der Waals surface area contributed by atoms with E-state index in [0.717, 1.165) is 46.5 Å². The van der Waals surface area contributed by atoms with E-state index in [1.807, 2.05) is 0 Å². The number of aliphatic hydroxyl groups is 1. The first-order valence-corrected chi connectivity index (χ1v) is 12.0. The first-order chi connectivity index (χ1) is 15.4.